The minimum atomic E-state index is -0.557. The van der Waals surface area contributed by atoms with Gasteiger partial charge in [0.2, 0.25) is 0 Å². The Morgan fingerprint density at radius 3 is 2.82 bits per heavy atom. The first kappa shape index (κ1) is 7.59. The molecule has 0 aliphatic carbocycles. The number of anilines is 1. The van der Waals surface area contributed by atoms with E-state index in [0.717, 1.165) is 0 Å². The molecule has 0 unspecified atom stereocenters. The molecule has 0 spiro atoms. The summed E-state index contributed by atoms with van der Waals surface area (Å²) in [6.07, 6.45) is 0. The highest BCUT2D eigenvalue weighted by atomic mass is 16.5. The van der Waals surface area contributed by atoms with Crippen LogP contribution >= 0.6 is 0 Å². The Labute approximate surface area is 63.8 Å². The predicted octanol–water partition coefficient (Wildman–Crippen LogP) is 0.498. The molecule has 0 saturated heterocycles. The number of nitrogens with two attached hydrogens (primary N) is 1. The monoisotopic (exact) mass is 155 g/mol. The van der Waals surface area contributed by atoms with Crippen molar-refractivity contribution in [3.63, 3.8) is 0 Å². The molecular formula is C6H9N3O2. The summed E-state index contributed by atoms with van der Waals surface area (Å²) in [6.45, 7) is 1.74. The van der Waals surface area contributed by atoms with Crippen LogP contribution in [0, 0.1) is 6.92 Å². The number of amides is 2. The maximum absolute atomic E-state index is 10.6. The van der Waals surface area contributed by atoms with Gasteiger partial charge in [0, 0.05) is 13.1 Å². The lowest BCUT2D eigenvalue weighted by molar-refractivity contribution is 0.254. The number of aromatic nitrogens is 1. The van der Waals surface area contributed by atoms with Gasteiger partial charge >= 0.3 is 6.03 Å². The smallest absolute Gasteiger partial charge is 0.320 e. The molecule has 0 aromatic carbocycles. The van der Waals surface area contributed by atoms with Gasteiger partial charge in [0.1, 0.15) is 5.76 Å². The van der Waals surface area contributed by atoms with Gasteiger partial charge in [-0.3, -0.25) is 4.90 Å². The normalized spacial score (nSPS) is 9.64. The summed E-state index contributed by atoms with van der Waals surface area (Å²) >= 11 is 0. The molecule has 11 heavy (non-hydrogen) atoms. The van der Waals surface area contributed by atoms with Crippen molar-refractivity contribution in [1.29, 1.82) is 0 Å². The molecule has 1 rings (SSSR count). The van der Waals surface area contributed by atoms with Crippen molar-refractivity contribution in [3.05, 3.63) is 11.8 Å². The molecule has 5 heteroatoms. The number of hydrogen-bond donors (Lipinski definition) is 1. The second-order valence-corrected chi connectivity index (χ2v) is 2.19. The van der Waals surface area contributed by atoms with Crippen LogP contribution < -0.4 is 10.6 Å². The van der Waals surface area contributed by atoms with E-state index in [4.69, 9.17) is 10.3 Å². The van der Waals surface area contributed by atoms with Crippen molar-refractivity contribution in [3.8, 4) is 0 Å². The van der Waals surface area contributed by atoms with Gasteiger partial charge < -0.3 is 10.3 Å². The topological polar surface area (TPSA) is 72.4 Å². The predicted molar refractivity (Wildman–Crippen MR) is 39.2 cm³/mol. The largest absolute Gasteiger partial charge is 0.360 e. The number of aryl methyl sites for hydroxylation is 1. The lowest BCUT2D eigenvalue weighted by Crippen LogP contribution is -2.31. The molecule has 0 fully saturated rings. The average Bonchev–Trinajstić information content (AvgIpc) is 2.34. The zero-order valence-corrected chi connectivity index (χ0v) is 6.37. The first-order chi connectivity index (χ1) is 5.11. The van der Waals surface area contributed by atoms with Crippen LogP contribution in [-0.4, -0.2) is 18.2 Å². The minimum absolute atomic E-state index is 0.426. The Hall–Kier alpha value is -1.52. The van der Waals surface area contributed by atoms with Crippen LogP contribution in [0.25, 0.3) is 0 Å². The number of urea groups is 1. The molecule has 5 nitrogen and oxygen atoms in total. The first-order valence-electron chi connectivity index (χ1n) is 3.07. The lowest BCUT2D eigenvalue weighted by atomic mass is 10.5. The third-order valence-electron chi connectivity index (χ3n) is 1.29. The number of carbonyl (C=O) groups excluding carboxylic acids is 1. The molecular weight excluding hydrogens is 146 g/mol. The Balaban J connectivity index is 2.84. The molecule has 0 saturated carbocycles. The first-order valence-corrected chi connectivity index (χ1v) is 3.07. The lowest BCUT2D eigenvalue weighted by Gasteiger charge is -2.07. The van der Waals surface area contributed by atoms with Gasteiger partial charge in [-0.2, -0.15) is 0 Å². The third kappa shape index (κ3) is 1.49. The van der Waals surface area contributed by atoms with Gasteiger partial charge in [0.25, 0.3) is 0 Å². The second-order valence-electron chi connectivity index (χ2n) is 2.19. The van der Waals surface area contributed by atoms with Gasteiger partial charge in [-0.25, -0.2) is 4.79 Å². The highest BCUT2D eigenvalue weighted by Crippen LogP contribution is 2.10. The maximum atomic E-state index is 10.6. The molecule has 0 bridgehead atoms. The third-order valence-corrected chi connectivity index (χ3v) is 1.29. The van der Waals surface area contributed by atoms with Crippen LogP contribution in [-0.2, 0) is 0 Å². The summed E-state index contributed by atoms with van der Waals surface area (Å²) in [7, 11) is 1.53. The highest BCUT2D eigenvalue weighted by molar-refractivity contribution is 5.88. The van der Waals surface area contributed by atoms with Crippen molar-refractivity contribution in [1.82, 2.24) is 5.16 Å². The van der Waals surface area contributed by atoms with E-state index >= 15 is 0 Å². The molecule has 0 radical (unpaired) electrons. The van der Waals surface area contributed by atoms with E-state index in [-0.39, 0.29) is 0 Å². The van der Waals surface area contributed by atoms with Crippen LogP contribution in [0.5, 0.6) is 0 Å². The van der Waals surface area contributed by atoms with Crippen LogP contribution in [0.15, 0.2) is 10.6 Å². The Morgan fingerprint density at radius 2 is 2.45 bits per heavy atom. The fourth-order valence-corrected chi connectivity index (χ4v) is 0.624. The summed E-state index contributed by atoms with van der Waals surface area (Å²) in [4.78, 5) is 11.8. The molecule has 1 aromatic heterocycles. The van der Waals surface area contributed by atoms with Crippen molar-refractivity contribution >= 4 is 11.8 Å². The van der Waals surface area contributed by atoms with E-state index in [1.165, 1.54) is 11.9 Å². The van der Waals surface area contributed by atoms with Gasteiger partial charge in [0.05, 0.1) is 0 Å². The molecule has 2 N–H and O–H groups in total. The van der Waals surface area contributed by atoms with Gasteiger partial charge in [0.15, 0.2) is 5.82 Å². The average molecular weight is 155 g/mol. The summed E-state index contributed by atoms with van der Waals surface area (Å²) in [5, 5.41) is 3.59. The number of nitrogens with zero attached hydrogens (tertiary/aromatic N) is 2. The zero-order valence-electron chi connectivity index (χ0n) is 6.37. The fraction of sp³-hybridized carbons (Fsp3) is 0.333. The fourth-order valence-electron chi connectivity index (χ4n) is 0.624. The van der Waals surface area contributed by atoms with E-state index in [1.54, 1.807) is 13.0 Å². The van der Waals surface area contributed by atoms with Crippen LogP contribution in [0.4, 0.5) is 10.6 Å². The molecule has 1 heterocycles. The van der Waals surface area contributed by atoms with E-state index in [1.807, 2.05) is 0 Å². The molecule has 2 amide bonds. The number of rotatable bonds is 1. The van der Waals surface area contributed by atoms with Gasteiger partial charge in [-0.1, -0.05) is 5.16 Å². The summed E-state index contributed by atoms with van der Waals surface area (Å²) in [5.74, 6) is 1.07. The molecule has 0 atom stereocenters. The number of carbonyl (C=O) groups is 1. The van der Waals surface area contributed by atoms with Crippen molar-refractivity contribution < 1.29 is 9.32 Å². The molecule has 0 aliphatic rings. The standard InChI is InChI=1S/C6H9N3O2/c1-4-3-5(8-11-4)9(2)6(7)10/h3H,1-2H3,(H2,7,10). The number of primary amides is 1. The van der Waals surface area contributed by atoms with Crippen LogP contribution in [0.1, 0.15) is 5.76 Å². The SMILES string of the molecule is Cc1cc(N(C)C(N)=O)no1. The van der Waals surface area contributed by atoms with Gasteiger partial charge in [-0.15, -0.1) is 0 Å². The van der Waals surface area contributed by atoms with E-state index in [0.29, 0.717) is 11.6 Å². The Morgan fingerprint density at radius 1 is 1.82 bits per heavy atom. The maximum Gasteiger partial charge on any atom is 0.320 e. The van der Waals surface area contributed by atoms with E-state index < -0.39 is 6.03 Å². The van der Waals surface area contributed by atoms with Crippen LogP contribution in [0.2, 0.25) is 0 Å². The summed E-state index contributed by atoms with van der Waals surface area (Å²) in [6, 6.07) is 1.07. The van der Waals surface area contributed by atoms with E-state index in [9.17, 15) is 4.79 Å². The minimum Gasteiger partial charge on any atom is -0.360 e. The van der Waals surface area contributed by atoms with E-state index in [2.05, 4.69) is 5.16 Å². The van der Waals surface area contributed by atoms with Crippen molar-refractivity contribution in [2.45, 2.75) is 6.92 Å². The van der Waals surface area contributed by atoms with Crippen molar-refractivity contribution in [2.24, 2.45) is 5.73 Å². The van der Waals surface area contributed by atoms with Crippen LogP contribution in [0.3, 0.4) is 0 Å². The summed E-state index contributed by atoms with van der Waals surface area (Å²) in [5.41, 5.74) is 4.98. The molecule has 0 aliphatic heterocycles. The quantitative estimate of drug-likeness (QED) is 0.641. The van der Waals surface area contributed by atoms with Crippen molar-refractivity contribution in [2.75, 3.05) is 11.9 Å². The van der Waals surface area contributed by atoms with Gasteiger partial charge in [-0.05, 0) is 6.92 Å². The second kappa shape index (κ2) is 2.61. The summed E-state index contributed by atoms with van der Waals surface area (Å²) < 4.78 is 4.74. The number of hydrogen-bond acceptors (Lipinski definition) is 3. The highest BCUT2D eigenvalue weighted by Gasteiger charge is 2.09. The zero-order chi connectivity index (χ0) is 8.43. The molecule has 1 aromatic rings. The molecule has 60 valence electrons. The Kier molecular flexibility index (Phi) is 1.80. The Bertz CT molecular complexity index is 269.